The quantitative estimate of drug-likeness (QED) is 0.733. The summed E-state index contributed by atoms with van der Waals surface area (Å²) in [6, 6.07) is 15.0. The van der Waals surface area contributed by atoms with Gasteiger partial charge in [-0.25, -0.2) is 4.98 Å². The summed E-state index contributed by atoms with van der Waals surface area (Å²) >= 11 is 0. The number of nitrogens with zero attached hydrogens (tertiary/aromatic N) is 1. The molecule has 0 atom stereocenters. The largest absolute Gasteiger partial charge is 0.342 e. The predicted octanol–water partition coefficient (Wildman–Crippen LogP) is 3.99. The number of H-pyrrole nitrogens is 1. The van der Waals surface area contributed by atoms with Gasteiger partial charge in [-0.3, -0.25) is 4.79 Å². The van der Waals surface area contributed by atoms with Crippen molar-refractivity contribution >= 4 is 16.8 Å². The van der Waals surface area contributed by atoms with E-state index < -0.39 is 0 Å². The van der Waals surface area contributed by atoms with Crippen molar-refractivity contribution in [3.63, 3.8) is 0 Å². The Balaban J connectivity index is 1.95. The molecule has 2 aromatic carbocycles. The van der Waals surface area contributed by atoms with Crippen LogP contribution in [-0.2, 0) is 6.42 Å². The van der Waals surface area contributed by atoms with Gasteiger partial charge in [0.1, 0.15) is 5.82 Å². The van der Waals surface area contributed by atoms with Crippen molar-refractivity contribution < 1.29 is 4.79 Å². The normalized spacial score (nSPS) is 11.2. The molecule has 3 rings (SSSR count). The highest BCUT2D eigenvalue weighted by Crippen LogP contribution is 2.18. The Morgan fingerprint density at radius 1 is 1.10 bits per heavy atom. The number of rotatable bonds is 4. The molecular weight excluding hydrogens is 260 g/mol. The monoisotopic (exact) mass is 278 g/mol. The number of ketones is 1. The van der Waals surface area contributed by atoms with Crippen LogP contribution in [0, 0.1) is 5.92 Å². The maximum absolute atomic E-state index is 12.4. The van der Waals surface area contributed by atoms with E-state index in [1.165, 1.54) is 0 Å². The first-order valence-electron chi connectivity index (χ1n) is 7.22. The van der Waals surface area contributed by atoms with Gasteiger partial charge in [0.25, 0.3) is 0 Å². The molecule has 0 aliphatic rings. The van der Waals surface area contributed by atoms with Crippen molar-refractivity contribution in [2.75, 3.05) is 0 Å². The molecule has 0 fully saturated rings. The average Bonchev–Trinajstić information content (AvgIpc) is 2.87. The van der Waals surface area contributed by atoms with Gasteiger partial charge in [0.05, 0.1) is 11.0 Å². The van der Waals surface area contributed by atoms with Crippen LogP contribution in [0.25, 0.3) is 11.0 Å². The van der Waals surface area contributed by atoms with Crippen LogP contribution in [0.2, 0.25) is 0 Å². The van der Waals surface area contributed by atoms with Crippen molar-refractivity contribution in [2.24, 2.45) is 5.92 Å². The van der Waals surface area contributed by atoms with Gasteiger partial charge >= 0.3 is 0 Å². The third-order valence-electron chi connectivity index (χ3n) is 3.43. The first kappa shape index (κ1) is 13.6. The number of carbonyl (C=O) groups excluding carboxylic acids is 1. The number of aromatic amines is 1. The second kappa shape index (κ2) is 5.52. The van der Waals surface area contributed by atoms with Crippen molar-refractivity contribution in [1.82, 2.24) is 9.97 Å². The third kappa shape index (κ3) is 2.87. The Morgan fingerprint density at radius 2 is 1.86 bits per heavy atom. The lowest BCUT2D eigenvalue weighted by molar-refractivity contribution is 0.103. The molecule has 0 bridgehead atoms. The summed E-state index contributed by atoms with van der Waals surface area (Å²) in [7, 11) is 0. The third-order valence-corrected chi connectivity index (χ3v) is 3.43. The van der Waals surface area contributed by atoms with Crippen molar-refractivity contribution in [2.45, 2.75) is 20.3 Å². The van der Waals surface area contributed by atoms with Gasteiger partial charge in [-0.1, -0.05) is 44.2 Å². The minimum atomic E-state index is 0.0394. The highest BCUT2D eigenvalue weighted by molar-refractivity contribution is 6.10. The fourth-order valence-electron chi connectivity index (χ4n) is 2.44. The molecule has 0 amide bonds. The van der Waals surface area contributed by atoms with Crippen LogP contribution < -0.4 is 0 Å². The van der Waals surface area contributed by atoms with Gasteiger partial charge in [-0.15, -0.1) is 0 Å². The van der Waals surface area contributed by atoms with Gasteiger partial charge in [0.15, 0.2) is 5.78 Å². The van der Waals surface area contributed by atoms with Crippen LogP contribution in [0.4, 0.5) is 0 Å². The van der Waals surface area contributed by atoms with Crippen LogP contribution in [0.15, 0.2) is 48.5 Å². The summed E-state index contributed by atoms with van der Waals surface area (Å²) < 4.78 is 0. The highest BCUT2D eigenvalue weighted by Gasteiger charge is 2.11. The van der Waals surface area contributed by atoms with Gasteiger partial charge < -0.3 is 4.98 Å². The Bertz CT molecular complexity index is 772. The molecule has 0 saturated carbocycles. The second-order valence-electron chi connectivity index (χ2n) is 5.71. The lowest BCUT2D eigenvalue weighted by atomic mass is 10.0. The molecule has 3 heteroatoms. The summed E-state index contributed by atoms with van der Waals surface area (Å²) in [6.45, 7) is 4.33. The first-order chi connectivity index (χ1) is 10.1. The zero-order valence-electron chi connectivity index (χ0n) is 12.3. The predicted molar refractivity (Wildman–Crippen MR) is 84.5 cm³/mol. The average molecular weight is 278 g/mol. The van der Waals surface area contributed by atoms with E-state index in [1.54, 1.807) is 0 Å². The Labute approximate surface area is 124 Å². The summed E-state index contributed by atoms with van der Waals surface area (Å²) in [6.07, 6.45) is 0.913. The molecule has 0 spiro atoms. The van der Waals surface area contributed by atoms with Crippen molar-refractivity contribution in [3.8, 4) is 0 Å². The molecule has 0 aliphatic heterocycles. The summed E-state index contributed by atoms with van der Waals surface area (Å²) in [5.41, 5.74) is 3.23. The smallest absolute Gasteiger partial charge is 0.193 e. The molecule has 0 saturated heterocycles. The first-order valence-corrected chi connectivity index (χ1v) is 7.22. The molecule has 0 radical (unpaired) electrons. The SMILES string of the molecule is CC(C)Cc1nc2ccc(C(=O)c3ccccc3)cc2[nH]1. The standard InChI is InChI=1S/C18H18N2O/c1-12(2)10-17-19-15-9-8-14(11-16(15)20-17)18(21)13-6-4-3-5-7-13/h3-9,11-12H,10H2,1-2H3,(H,19,20). The fraction of sp³-hybridized carbons (Fsp3) is 0.222. The minimum absolute atomic E-state index is 0.0394. The number of hydrogen-bond acceptors (Lipinski definition) is 2. The van der Waals surface area contributed by atoms with E-state index in [1.807, 2.05) is 48.5 Å². The van der Waals surface area contributed by atoms with E-state index >= 15 is 0 Å². The molecular formula is C18H18N2O. The van der Waals surface area contributed by atoms with Crippen molar-refractivity contribution in [1.29, 1.82) is 0 Å². The van der Waals surface area contributed by atoms with Crippen LogP contribution in [0.3, 0.4) is 0 Å². The van der Waals surface area contributed by atoms with Crippen molar-refractivity contribution in [3.05, 3.63) is 65.5 Å². The molecule has 3 nitrogen and oxygen atoms in total. The van der Waals surface area contributed by atoms with E-state index in [0.29, 0.717) is 17.0 Å². The number of benzene rings is 2. The Hall–Kier alpha value is -2.42. The van der Waals surface area contributed by atoms with Gasteiger partial charge in [0.2, 0.25) is 0 Å². The molecule has 3 aromatic rings. The number of fused-ring (bicyclic) bond motifs is 1. The number of imidazole rings is 1. The lowest BCUT2D eigenvalue weighted by Gasteiger charge is -2.00. The van der Waals surface area contributed by atoms with Gasteiger partial charge in [-0.2, -0.15) is 0 Å². The van der Waals surface area contributed by atoms with Crippen LogP contribution >= 0.6 is 0 Å². The molecule has 21 heavy (non-hydrogen) atoms. The summed E-state index contributed by atoms with van der Waals surface area (Å²) in [5.74, 6) is 1.57. The molecule has 106 valence electrons. The van der Waals surface area contributed by atoms with E-state index in [0.717, 1.165) is 23.3 Å². The Morgan fingerprint density at radius 3 is 2.57 bits per heavy atom. The highest BCUT2D eigenvalue weighted by atomic mass is 16.1. The van der Waals surface area contributed by atoms with Crippen LogP contribution in [-0.4, -0.2) is 15.8 Å². The van der Waals surface area contributed by atoms with Gasteiger partial charge in [0, 0.05) is 17.5 Å². The lowest BCUT2D eigenvalue weighted by Crippen LogP contribution is -2.00. The van der Waals surface area contributed by atoms with E-state index in [4.69, 9.17) is 0 Å². The minimum Gasteiger partial charge on any atom is -0.342 e. The molecule has 1 N–H and O–H groups in total. The number of aromatic nitrogens is 2. The fourth-order valence-corrected chi connectivity index (χ4v) is 2.44. The Kier molecular flexibility index (Phi) is 3.57. The number of carbonyl (C=O) groups is 1. The topological polar surface area (TPSA) is 45.8 Å². The molecule has 1 heterocycles. The zero-order chi connectivity index (χ0) is 14.8. The summed E-state index contributed by atoms with van der Waals surface area (Å²) in [5, 5.41) is 0. The number of hydrogen-bond donors (Lipinski definition) is 1. The van der Waals surface area contributed by atoms with Gasteiger partial charge in [-0.05, 0) is 24.1 Å². The molecule has 0 aliphatic carbocycles. The summed E-state index contributed by atoms with van der Waals surface area (Å²) in [4.78, 5) is 20.3. The molecule has 0 unspecified atom stereocenters. The van der Waals surface area contributed by atoms with E-state index in [2.05, 4.69) is 23.8 Å². The zero-order valence-corrected chi connectivity index (χ0v) is 12.3. The molecule has 1 aromatic heterocycles. The number of nitrogens with one attached hydrogen (secondary N) is 1. The second-order valence-corrected chi connectivity index (χ2v) is 5.71. The maximum Gasteiger partial charge on any atom is 0.193 e. The maximum atomic E-state index is 12.4. The van der Waals surface area contributed by atoms with E-state index in [9.17, 15) is 4.79 Å². The van der Waals surface area contributed by atoms with E-state index in [-0.39, 0.29) is 5.78 Å². The van der Waals surface area contributed by atoms with Crippen LogP contribution in [0.1, 0.15) is 35.6 Å². The van der Waals surface area contributed by atoms with Crippen LogP contribution in [0.5, 0.6) is 0 Å².